The number of nitrogens with zero attached hydrogens (tertiary/aromatic N) is 2. The molecule has 0 aliphatic carbocycles. The van der Waals surface area contributed by atoms with Crippen LogP contribution in [-0.4, -0.2) is 20.6 Å². The number of imidazole rings is 1. The van der Waals surface area contributed by atoms with Gasteiger partial charge in [-0.25, -0.2) is 9.78 Å². The number of carboxylic acid groups (broad SMARTS) is 1. The Morgan fingerprint density at radius 1 is 1.40 bits per heavy atom. The van der Waals surface area contributed by atoms with E-state index in [1.54, 1.807) is 11.6 Å². The summed E-state index contributed by atoms with van der Waals surface area (Å²) in [4.78, 5) is 15.0. The number of aromatic nitrogens is 2. The third kappa shape index (κ3) is 1.38. The summed E-state index contributed by atoms with van der Waals surface area (Å²) in [6.45, 7) is 3.93. The molecule has 1 N–H and O–H groups in total. The molecule has 0 aliphatic heterocycles. The molecule has 0 fully saturated rings. The van der Waals surface area contributed by atoms with Crippen LogP contribution in [0.15, 0.2) is 12.1 Å². The average Bonchev–Trinajstić information content (AvgIpc) is 2.42. The normalized spacial score (nSPS) is 10.9. The smallest absolute Gasteiger partial charge is 0.372 e. The second kappa shape index (κ2) is 3.08. The van der Waals surface area contributed by atoms with Gasteiger partial charge in [0.25, 0.3) is 0 Å². The Hall–Kier alpha value is -1.84. The van der Waals surface area contributed by atoms with Gasteiger partial charge >= 0.3 is 5.97 Å². The van der Waals surface area contributed by atoms with Crippen molar-refractivity contribution in [3.8, 4) is 0 Å². The lowest BCUT2D eigenvalue weighted by atomic mass is 10.1. The van der Waals surface area contributed by atoms with Gasteiger partial charge in [-0.1, -0.05) is 6.07 Å². The zero-order valence-electron chi connectivity index (χ0n) is 8.90. The SMILES string of the molecule is Cc1cc(C)c2c(c1)nc(C(=O)O)n2C. The number of hydrogen-bond donors (Lipinski definition) is 1. The van der Waals surface area contributed by atoms with E-state index in [0.717, 1.165) is 22.2 Å². The number of aromatic carboxylic acids is 1. The fourth-order valence-corrected chi connectivity index (χ4v) is 1.95. The summed E-state index contributed by atoms with van der Waals surface area (Å²) >= 11 is 0. The summed E-state index contributed by atoms with van der Waals surface area (Å²) in [5, 5.41) is 8.94. The van der Waals surface area contributed by atoms with Crippen molar-refractivity contribution < 1.29 is 9.90 Å². The zero-order chi connectivity index (χ0) is 11.2. The Balaban J connectivity index is 2.88. The Morgan fingerprint density at radius 3 is 2.67 bits per heavy atom. The molecule has 1 heterocycles. The summed E-state index contributed by atoms with van der Waals surface area (Å²) in [5.41, 5.74) is 3.77. The summed E-state index contributed by atoms with van der Waals surface area (Å²) in [7, 11) is 1.72. The maximum atomic E-state index is 10.9. The number of rotatable bonds is 1. The highest BCUT2D eigenvalue weighted by Gasteiger charge is 2.15. The van der Waals surface area contributed by atoms with Gasteiger partial charge in [-0.2, -0.15) is 0 Å². The van der Waals surface area contributed by atoms with Crippen molar-refractivity contribution in [1.29, 1.82) is 0 Å². The van der Waals surface area contributed by atoms with Gasteiger partial charge in [0, 0.05) is 7.05 Å². The standard InChI is InChI=1S/C11H12N2O2/c1-6-4-7(2)9-8(5-6)12-10(11(14)15)13(9)3/h4-5H,1-3H3,(H,14,15). The predicted molar refractivity (Wildman–Crippen MR) is 57.1 cm³/mol. The van der Waals surface area contributed by atoms with Crippen LogP contribution in [0, 0.1) is 13.8 Å². The Labute approximate surface area is 87.2 Å². The zero-order valence-corrected chi connectivity index (χ0v) is 8.90. The number of fused-ring (bicyclic) bond motifs is 1. The molecular formula is C11H12N2O2. The van der Waals surface area contributed by atoms with Crippen LogP contribution in [0.5, 0.6) is 0 Å². The van der Waals surface area contributed by atoms with Crippen molar-refractivity contribution >= 4 is 17.0 Å². The van der Waals surface area contributed by atoms with Crippen LogP contribution in [0.25, 0.3) is 11.0 Å². The minimum Gasteiger partial charge on any atom is -0.475 e. The minimum absolute atomic E-state index is 0.0821. The Bertz CT molecular complexity index is 555. The van der Waals surface area contributed by atoms with Crippen LogP contribution in [0.3, 0.4) is 0 Å². The van der Waals surface area contributed by atoms with Crippen LogP contribution in [0.1, 0.15) is 21.7 Å². The number of hydrogen-bond acceptors (Lipinski definition) is 2. The molecule has 1 aromatic carbocycles. The molecule has 4 nitrogen and oxygen atoms in total. The molecule has 2 aromatic rings. The molecule has 78 valence electrons. The van der Waals surface area contributed by atoms with E-state index in [2.05, 4.69) is 4.98 Å². The number of carbonyl (C=O) groups is 1. The first-order valence-electron chi connectivity index (χ1n) is 4.67. The second-order valence-corrected chi connectivity index (χ2v) is 3.75. The van der Waals surface area contributed by atoms with Gasteiger partial charge in [0.1, 0.15) is 0 Å². The second-order valence-electron chi connectivity index (χ2n) is 3.75. The first kappa shape index (κ1) is 9.71. The van der Waals surface area contributed by atoms with Gasteiger partial charge < -0.3 is 9.67 Å². The highest BCUT2D eigenvalue weighted by atomic mass is 16.4. The maximum absolute atomic E-state index is 10.9. The third-order valence-electron chi connectivity index (χ3n) is 2.50. The van der Waals surface area contributed by atoms with Crippen LogP contribution >= 0.6 is 0 Å². The Kier molecular flexibility index (Phi) is 2.00. The molecule has 0 unspecified atom stereocenters. The first-order chi connectivity index (χ1) is 7.00. The topological polar surface area (TPSA) is 55.1 Å². The number of aryl methyl sites for hydroxylation is 3. The maximum Gasteiger partial charge on any atom is 0.372 e. The molecule has 0 amide bonds. The van der Waals surface area contributed by atoms with Crippen molar-refractivity contribution in [2.24, 2.45) is 7.05 Å². The van der Waals surface area contributed by atoms with Gasteiger partial charge in [0.15, 0.2) is 0 Å². The summed E-state index contributed by atoms with van der Waals surface area (Å²) in [6, 6.07) is 3.92. The molecule has 0 atom stereocenters. The van der Waals surface area contributed by atoms with E-state index in [1.807, 2.05) is 26.0 Å². The van der Waals surface area contributed by atoms with Gasteiger partial charge in [-0.05, 0) is 31.0 Å². The van der Waals surface area contributed by atoms with Gasteiger partial charge in [-0.3, -0.25) is 0 Å². The molecule has 1 aromatic heterocycles. The van der Waals surface area contributed by atoms with Crippen molar-refractivity contribution in [1.82, 2.24) is 9.55 Å². The van der Waals surface area contributed by atoms with E-state index in [-0.39, 0.29) is 5.82 Å². The van der Waals surface area contributed by atoms with E-state index in [9.17, 15) is 4.79 Å². The summed E-state index contributed by atoms with van der Waals surface area (Å²) in [5.74, 6) is -0.913. The largest absolute Gasteiger partial charge is 0.475 e. The van der Waals surface area contributed by atoms with Crippen molar-refractivity contribution in [3.63, 3.8) is 0 Å². The van der Waals surface area contributed by atoms with Gasteiger partial charge in [0.05, 0.1) is 11.0 Å². The fraction of sp³-hybridized carbons (Fsp3) is 0.273. The molecule has 15 heavy (non-hydrogen) atoms. The van der Waals surface area contributed by atoms with Crippen molar-refractivity contribution in [2.45, 2.75) is 13.8 Å². The third-order valence-corrected chi connectivity index (χ3v) is 2.50. The highest BCUT2D eigenvalue weighted by Crippen LogP contribution is 2.20. The van der Waals surface area contributed by atoms with Gasteiger partial charge in [0.2, 0.25) is 5.82 Å². The molecule has 0 saturated heterocycles. The monoisotopic (exact) mass is 204 g/mol. The van der Waals surface area contributed by atoms with Crippen LogP contribution in [0.2, 0.25) is 0 Å². The van der Waals surface area contributed by atoms with E-state index < -0.39 is 5.97 Å². The molecule has 2 rings (SSSR count). The fourth-order valence-electron chi connectivity index (χ4n) is 1.95. The van der Waals surface area contributed by atoms with Crippen LogP contribution in [-0.2, 0) is 7.05 Å². The van der Waals surface area contributed by atoms with Gasteiger partial charge in [-0.15, -0.1) is 0 Å². The lowest BCUT2D eigenvalue weighted by Gasteiger charge is -2.01. The molecule has 0 aliphatic rings. The summed E-state index contributed by atoms with van der Waals surface area (Å²) in [6.07, 6.45) is 0. The van der Waals surface area contributed by atoms with E-state index in [1.165, 1.54) is 0 Å². The van der Waals surface area contributed by atoms with Crippen LogP contribution in [0.4, 0.5) is 0 Å². The molecular weight excluding hydrogens is 192 g/mol. The molecule has 0 radical (unpaired) electrons. The first-order valence-corrected chi connectivity index (χ1v) is 4.67. The highest BCUT2D eigenvalue weighted by molar-refractivity contribution is 5.91. The van der Waals surface area contributed by atoms with Crippen molar-refractivity contribution in [2.75, 3.05) is 0 Å². The lowest BCUT2D eigenvalue weighted by molar-refractivity contribution is 0.0680. The predicted octanol–water partition coefficient (Wildman–Crippen LogP) is 1.89. The number of benzene rings is 1. The minimum atomic E-state index is -0.995. The number of carboxylic acids is 1. The van der Waals surface area contributed by atoms with E-state index >= 15 is 0 Å². The molecule has 0 spiro atoms. The molecule has 4 heteroatoms. The quantitative estimate of drug-likeness (QED) is 0.771. The van der Waals surface area contributed by atoms with Crippen LogP contribution < -0.4 is 0 Å². The average molecular weight is 204 g/mol. The van der Waals surface area contributed by atoms with E-state index in [4.69, 9.17) is 5.11 Å². The van der Waals surface area contributed by atoms with Crippen molar-refractivity contribution in [3.05, 3.63) is 29.1 Å². The lowest BCUT2D eigenvalue weighted by Crippen LogP contribution is -2.05. The molecule has 0 saturated carbocycles. The van der Waals surface area contributed by atoms with E-state index in [0.29, 0.717) is 0 Å². The molecule has 0 bridgehead atoms. The Morgan fingerprint density at radius 2 is 2.07 bits per heavy atom. The summed E-state index contributed by atoms with van der Waals surface area (Å²) < 4.78 is 1.62.